The first-order valence-electron chi connectivity index (χ1n) is 9.21. The zero-order valence-electron chi connectivity index (χ0n) is 16.7. The summed E-state index contributed by atoms with van der Waals surface area (Å²) in [5, 5.41) is 0. The van der Waals surface area contributed by atoms with Gasteiger partial charge < -0.3 is 9.47 Å². The van der Waals surface area contributed by atoms with Crippen LogP contribution in [0.15, 0.2) is 53.7 Å². The average molecular weight is 406 g/mol. The quantitative estimate of drug-likeness (QED) is 0.594. The van der Waals surface area contributed by atoms with E-state index in [1.165, 1.54) is 19.2 Å². The maximum absolute atomic E-state index is 13.7. The van der Waals surface area contributed by atoms with Crippen LogP contribution < -0.4 is 4.74 Å². The number of aromatic nitrogens is 1. The van der Waals surface area contributed by atoms with Crippen LogP contribution in [0.4, 0.5) is 0 Å². The highest BCUT2D eigenvalue weighted by Gasteiger charge is 2.53. The fourth-order valence-electron chi connectivity index (χ4n) is 3.28. The van der Waals surface area contributed by atoms with Crippen molar-refractivity contribution < 1.29 is 22.7 Å². The first-order valence-corrected chi connectivity index (χ1v) is 10.7. The molecule has 0 fully saturated rings. The molecule has 152 valence electrons. The third-order valence-electron chi connectivity index (χ3n) is 4.48. The van der Waals surface area contributed by atoms with Crippen molar-refractivity contribution >= 4 is 15.8 Å². The van der Waals surface area contributed by atoms with Crippen LogP contribution in [0.2, 0.25) is 0 Å². The van der Waals surface area contributed by atoms with Crippen LogP contribution in [0.5, 0.6) is 5.75 Å². The van der Waals surface area contributed by atoms with Gasteiger partial charge in [-0.05, 0) is 55.2 Å². The fraction of sp³-hybridized carbons (Fsp3) is 0.429. The van der Waals surface area contributed by atoms with E-state index in [9.17, 15) is 13.2 Å². The largest absolute Gasteiger partial charge is 0.497 e. The fourth-order valence-corrected chi connectivity index (χ4v) is 5.41. The molecule has 0 bridgehead atoms. The molecule has 0 aliphatic carbocycles. The number of methoxy groups -OCH3 is 1. The van der Waals surface area contributed by atoms with Crippen molar-refractivity contribution in [2.45, 2.75) is 43.3 Å². The van der Waals surface area contributed by atoms with Gasteiger partial charge in [0.1, 0.15) is 5.75 Å². The Morgan fingerprint density at radius 3 is 2.36 bits per heavy atom. The van der Waals surface area contributed by atoms with Gasteiger partial charge in [-0.1, -0.05) is 19.9 Å². The van der Waals surface area contributed by atoms with Crippen LogP contribution in [0.25, 0.3) is 0 Å². The normalized spacial score (nSPS) is 13.8. The van der Waals surface area contributed by atoms with Gasteiger partial charge in [0.05, 0.1) is 18.6 Å². The molecule has 0 saturated heterocycles. The van der Waals surface area contributed by atoms with Crippen molar-refractivity contribution in [1.29, 1.82) is 0 Å². The van der Waals surface area contributed by atoms with E-state index in [2.05, 4.69) is 4.98 Å². The summed E-state index contributed by atoms with van der Waals surface area (Å²) in [5.41, 5.74) is 0.660. The van der Waals surface area contributed by atoms with Gasteiger partial charge in [-0.2, -0.15) is 0 Å². The molecule has 1 atom stereocenters. The van der Waals surface area contributed by atoms with Crippen molar-refractivity contribution in [2.24, 2.45) is 5.92 Å². The Morgan fingerprint density at radius 2 is 1.86 bits per heavy atom. The van der Waals surface area contributed by atoms with Crippen LogP contribution in [0, 0.1) is 5.92 Å². The van der Waals surface area contributed by atoms with Gasteiger partial charge in [-0.15, -0.1) is 0 Å². The Morgan fingerprint density at radius 1 is 1.18 bits per heavy atom. The van der Waals surface area contributed by atoms with Crippen molar-refractivity contribution in [3.05, 3.63) is 54.4 Å². The third-order valence-corrected chi connectivity index (χ3v) is 6.88. The Kier molecular flexibility index (Phi) is 7.18. The Hall–Kier alpha value is -2.41. The highest BCUT2D eigenvalue weighted by molar-refractivity contribution is 7.93. The summed E-state index contributed by atoms with van der Waals surface area (Å²) in [4.78, 5) is 17.2. The second-order valence-electron chi connectivity index (χ2n) is 7.03. The molecule has 6 nitrogen and oxygen atoms in total. The summed E-state index contributed by atoms with van der Waals surface area (Å²) < 4.78 is 36.1. The average Bonchev–Trinajstić information content (AvgIpc) is 2.68. The molecule has 0 spiro atoms. The Bertz CT molecular complexity index is 879. The lowest BCUT2D eigenvalue weighted by Gasteiger charge is -2.32. The van der Waals surface area contributed by atoms with E-state index < -0.39 is 20.6 Å². The number of hydrogen-bond acceptors (Lipinski definition) is 6. The molecular formula is C21H27NO5S. The smallest absolute Gasteiger partial charge is 0.328 e. The molecule has 0 radical (unpaired) electrons. The van der Waals surface area contributed by atoms with Gasteiger partial charge in [-0.3, -0.25) is 9.78 Å². The molecule has 0 saturated carbocycles. The van der Waals surface area contributed by atoms with E-state index in [0.29, 0.717) is 11.3 Å². The first kappa shape index (κ1) is 21.9. The summed E-state index contributed by atoms with van der Waals surface area (Å²) in [6.45, 7) is 5.55. The minimum atomic E-state index is -4.06. The number of hydrogen-bond donors (Lipinski definition) is 0. The molecule has 2 rings (SSSR count). The second kappa shape index (κ2) is 9.19. The van der Waals surface area contributed by atoms with E-state index in [1.54, 1.807) is 43.6 Å². The van der Waals surface area contributed by atoms with Crippen LogP contribution in [0.1, 0.15) is 32.8 Å². The zero-order chi connectivity index (χ0) is 20.8. The van der Waals surface area contributed by atoms with Crippen LogP contribution in [0.3, 0.4) is 0 Å². The minimum Gasteiger partial charge on any atom is -0.497 e. The monoisotopic (exact) mass is 405 g/mol. The van der Waals surface area contributed by atoms with Gasteiger partial charge >= 0.3 is 5.97 Å². The molecule has 0 amide bonds. The Balaban J connectivity index is 2.66. The standard InChI is InChI=1S/C21H27NO5S/c1-5-27-20(23)21(13-16(2)3,14-17-7-6-12-22-15-17)28(24,25)19-10-8-18(26-4)9-11-19/h6-12,15-16H,5,13-14H2,1-4H3. The number of nitrogens with zero attached hydrogens (tertiary/aromatic N) is 1. The molecular weight excluding hydrogens is 378 g/mol. The number of rotatable bonds is 9. The van der Waals surface area contributed by atoms with Crippen molar-refractivity contribution in [3.63, 3.8) is 0 Å². The van der Waals surface area contributed by atoms with E-state index in [1.807, 2.05) is 13.8 Å². The summed E-state index contributed by atoms with van der Waals surface area (Å²) in [7, 11) is -2.55. The predicted octanol–water partition coefficient (Wildman–Crippen LogP) is 3.45. The summed E-state index contributed by atoms with van der Waals surface area (Å²) in [6.07, 6.45) is 3.31. The van der Waals surface area contributed by atoms with Gasteiger partial charge in [-0.25, -0.2) is 8.42 Å². The highest BCUT2D eigenvalue weighted by Crippen LogP contribution is 2.37. The number of benzene rings is 1. The van der Waals surface area contributed by atoms with E-state index in [0.717, 1.165) is 0 Å². The number of carbonyl (C=O) groups excluding carboxylic acids is 1. The molecule has 7 heteroatoms. The van der Waals surface area contributed by atoms with E-state index in [4.69, 9.17) is 9.47 Å². The molecule has 1 aromatic heterocycles. The summed E-state index contributed by atoms with van der Waals surface area (Å²) in [6, 6.07) is 9.56. The lowest BCUT2D eigenvalue weighted by molar-refractivity contribution is -0.146. The molecule has 28 heavy (non-hydrogen) atoms. The number of ether oxygens (including phenoxy) is 2. The molecule has 0 aliphatic heterocycles. The maximum atomic E-state index is 13.7. The summed E-state index contributed by atoms with van der Waals surface area (Å²) in [5.74, 6) is -0.241. The number of esters is 1. The topological polar surface area (TPSA) is 82.6 Å². The number of sulfone groups is 1. The van der Waals surface area contributed by atoms with Crippen LogP contribution in [-0.4, -0.2) is 37.8 Å². The van der Waals surface area contributed by atoms with Crippen LogP contribution >= 0.6 is 0 Å². The number of carbonyl (C=O) groups is 1. The lowest BCUT2D eigenvalue weighted by Crippen LogP contribution is -2.50. The van der Waals surface area contributed by atoms with Gasteiger partial charge in [0.25, 0.3) is 0 Å². The van der Waals surface area contributed by atoms with Crippen molar-refractivity contribution in [1.82, 2.24) is 4.98 Å². The SMILES string of the molecule is CCOC(=O)C(Cc1cccnc1)(CC(C)C)S(=O)(=O)c1ccc(OC)cc1. The van der Waals surface area contributed by atoms with Crippen molar-refractivity contribution in [3.8, 4) is 5.75 Å². The minimum absolute atomic E-state index is 0.00772. The third kappa shape index (κ3) is 4.52. The maximum Gasteiger partial charge on any atom is 0.328 e. The van der Waals surface area contributed by atoms with Gasteiger partial charge in [0.2, 0.25) is 0 Å². The lowest BCUT2D eigenvalue weighted by atomic mass is 9.90. The molecule has 2 aromatic rings. The van der Waals surface area contributed by atoms with Gasteiger partial charge in [0, 0.05) is 18.8 Å². The molecule has 0 N–H and O–H groups in total. The summed E-state index contributed by atoms with van der Waals surface area (Å²) >= 11 is 0. The second-order valence-corrected chi connectivity index (χ2v) is 9.29. The van der Waals surface area contributed by atoms with E-state index in [-0.39, 0.29) is 30.3 Å². The number of pyridine rings is 1. The predicted molar refractivity (Wildman–Crippen MR) is 107 cm³/mol. The zero-order valence-corrected chi connectivity index (χ0v) is 17.5. The Labute approximate surface area is 166 Å². The molecule has 0 aliphatic rings. The first-order chi connectivity index (χ1) is 13.3. The van der Waals surface area contributed by atoms with Crippen LogP contribution in [-0.2, 0) is 25.8 Å². The molecule has 1 aromatic carbocycles. The molecule has 1 unspecified atom stereocenters. The van der Waals surface area contributed by atoms with Crippen molar-refractivity contribution in [2.75, 3.05) is 13.7 Å². The van der Waals surface area contributed by atoms with Gasteiger partial charge in [0.15, 0.2) is 14.6 Å². The van der Waals surface area contributed by atoms with E-state index >= 15 is 0 Å². The highest BCUT2D eigenvalue weighted by atomic mass is 32.2. The molecule has 1 heterocycles.